The molecule has 0 aliphatic carbocycles. The maximum atomic E-state index is 12.5. The molecule has 122 valence electrons. The number of nitrogens with two attached hydrogens (primary N) is 1. The number of nitrogens with one attached hydrogen (secondary N) is 1. The van der Waals surface area contributed by atoms with Crippen molar-refractivity contribution in [2.75, 3.05) is 13.1 Å². The van der Waals surface area contributed by atoms with Crippen LogP contribution in [0.15, 0.2) is 0 Å². The van der Waals surface area contributed by atoms with Crippen LogP contribution in [-0.4, -0.2) is 38.2 Å². The average molecular weight is 319 g/mol. The molecule has 0 bridgehead atoms. The van der Waals surface area contributed by atoms with E-state index in [1.165, 1.54) is 0 Å². The Balaban J connectivity index is 2.60. The molecule has 0 unspecified atom stereocenters. The van der Waals surface area contributed by atoms with E-state index in [0.717, 1.165) is 0 Å². The number of carbonyl (C=O) groups is 2. The van der Waals surface area contributed by atoms with Gasteiger partial charge in [0, 0.05) is 24.4 Å². The molecule has 1 aliphatic heterocycles. The molecule has 8 heteroatoms. The van der Waals surface area contributed by atoms with Crippen LogP contribution in [0.2, 0.25) is 0 Å². The number of piperidine rings is 1. The van der Waals surface area contributed by atoms with E-state index in [-0.39, 0.29) is 11.8 Å². The first-order valence-electron chi connectivity index (χ1n) is 7.09. The van der Waals surface area contributed by atoms with E-state index in [1.807, 2.05) is 27.7 Å². The van der Waals surface area contributed by atoms with E-state index in [1.54, 1.807) is 9.62 Å². The highest BCUT2D eigenvalue weighted by atomic mass is 32.2. The summed E-state index contributed by atoms with van der Waals surface area (Å²) in [7, 11) is -4.02. The Kier molecular flexibility index (Phi) is 5.38. The molecule has 7 nitrogen and oxygen atoms in total. The van der Waals surface area contributed by atoms with Gasteiger partial charge in [0.15, 0.2) is 0 Å². The first-order chi connectivity index (χ1) is 9.45. The second kappa shape index (κ2) is 6.31. The molecule has 3 N–H and O–H groups in total. The van der Waals surface area contributed by atoms with Gasteiger partial charge in [-0.2, -0.15) is 8.42 Å². The third kappa shape index (κ3) is 4.67. The number of nitrogens with zero attached hydrogens (tertiary/aromatic N) is 1. The molecule has 0 aromatic carbocycles. The number of amides is 2. The minimum atomic E-state index is -4.02. The van der Waals surface area contributed by atoms with Gasteiger partial charge in [0.2, 0.25) is 11.8 Å². The first kappa shape index (κ1) is 17.9. The zero-order valence-electron chi connectivity index (χ0n) is 13.0. The lowest BCUT2D eigenvalue weighted by Crippen LogP contribution is -2.49. The van der Waals surface area contributed by atoms with Gasteiger partial charge in [0.05, 0.1) is 0 Å². The van der Waals surface area contributed by atoms with Crippen molar-refractivity contribution in [2.24, 2.45) is 22.4 Å². The van der Waals surface area contributed by atoms with Crippen molar-refractivity contribution in [3.63, 3.8) is 0 Å². The van der Waals surface area contributed by atoms with Crippen LogP contribution in [0.1, 0.15) is 40.5 Å². The quantitative estimate of drug-likeness (QED) is 0.772. The van der Waals surface area contributed by atoms with E-state index in [2.05, 4.69) is 0 Å². The fourth-order valence-electron chi connectivity index (χ4n) is 2.22. The minimum absolute atomic E-state index is 0.0720. The molecular weight excluding hydrogens is 294 g/mol. The summed E-state index contributed by atoms with van der Waals surface area (Å²) in [4.78, 5) is 25.9. The summed E-state index contributed by atoms with van der Waals surface area (Å²) in [6.07, 6.45) is 0.891. The zero-order valence-corrected chi connectivity index (χ0v) is 13.9. The predicted molar refractivity (Wildman–Crippen MR) is 79.2 cm³/mol. The average Bonchev–Trinajstić information content (AvgIpc) is 2.35. The molecular formula is C13H25N3O4S. The fourth-order valence-corrected chi connectivity index (χ4v) is 2.67. The van der Waals surface area contributed by atoms with Gasteiger partial charge < -0.3 is 4.90 Å². The minimum Gasteiger partial charge on any atom is -0.342 e. The predicted octanol–water partition coefficient (Wildman–Crippen LogP) is 0.227. The standard InChI is InChI=1S/C13H25N3O4S/c1-9(2)13(3,4)12(18)16-7-5-10(6-8-16)11(17)15-21(14,19)20/h9-10H,5-8H2,1-4H3,(H,15,17)(H2,14,19,20). The Morgan fingerprint density at radius 2 is 1.71 bits per heavy atom. The van der Waals surface area contributed by atoms with Crippen LogP contribution in [0.5, 0.6) is 0 Å². The van der Waals surface area contributed by atoms with E-state index in [4.69, 9.17) is 5.14 Å². The lowest BCUT2D eigenvalue weighted by atomic mass is 9.79. The summed E-state index contributed by atoms with van der Waals surface area (Å²) in [6, 6.07) is 0. The third-order valence-corrected chi connectivity index (χ3v) is 4.88. The number of hydrogen-bond donors (Lipinski definition) is 2. The molecule has 21 heavy (non-hydrogen) atoms. The van der Waals surface area contributed by atoms with E-state index in [0.29, 0.717) is 25.9 Å². The summed E-state index contributed by atoms with van der Waals surface area (Å²) < 4.78 is 23.5. The second-order valence-corrected chi connectivity index (χ2v) is 7.75. The highest BCUT2D eigenvalue weighted by Gasteiger charge is 2.37. The Bertz CT molecular complexity index is 506. The van der Waals surface area contributed by atoms with Crippen molar-refractivity contribution >= 4 is 22.0 Å². The third-order valence-electron chi connectivity index (χ3n) is 4.39. The highest BCUT2D eigenvalue weighted by molar-refractivity contribution is 7.87. The Labute approximate surface area is 126 Å². The molecule has 1 saturated heterocycles. The number of likely N-dealkylation sites (tertiary alicyclic amines) is 1. The monoisotopic (exact) mass is 319 g/mol. The van der Waals surface area contributed by atoms with Gasteiger partial charge in [0.25, 0.3) is 10.2 Å². The molecule has 0 radical (unpaired) electrons. The zero-order chi connectivity index (χ0) is 16.4. The smallest absolute Gasteiger partial charge is 0.298 e. The van der Waals surface area contributed by atoms with Crippen LogP contribution < -0.4 is 9.86 Å². The van der Waals surface area contributed by atoms with Crippen molar-refractivity contribution in [1.82, 2.24) is 9.62 Å². The molecule has 1 fully saturated rings. The Hall–Kier alpha value is -1.15. The summed E-state index contributed by atoms with van der Waals surface area (Å²) in [5.41, 5.74) is -0.449. The largest absolute Gasteiger partial charge is 0.342 e. The normalized spacial score (nSPS) is 17.9. The molecule has 0 aromatic rings. The summed E-state index contributed by atoms with van der Waals surface area (Å²) in [6.45, 7) is 8.75. The van der Waals surface area contributed by atoms with Gasteiger partial charge in [0.1, 0.15) is 0 Å². The van der Waals surface area contributed by atoms with E-state index in [9.17, 15) is 18.0 Å². The van der Waals surface area contributed by atoms with Crippen molar-refractivity contribution in [3.05, 3.63) is 0 Å². The number of carbonyl (C=O) groups excluding carboxylic acids is 2. The van der Waals surface area contributed by atoms with Crippen molar-refractivity contribution < 1.29 is 18.0 Å². The molecule has 1 heterocycles. The van der Waals surface area contributed by atoms with Crippen LogP contribution in [0, 0.1) is 17.3 Å². The van der Waals surface area contributed by atoms with Crippen LogP contribution in [0.3, 0.4) is 0 Å². The molecule has 0 aromatic heterocycles. The van der Waals surface area contributed by atoms with Crippen molar-refractivity contribution in [3.8, 4) is 0 Å². The van der Waals surface area contributed by atoms with Gasteiger partial charge in [-0.1, -0.05) is 27.7 Å². The highest BCUT2D eigenvalue weighted by Crippen LogP contribution is 2.30. The lowest BCUT2D eigenvalue weighted by molar-refractivity contribution is -0.145. The molecule has 2 amide bonds. The van der Waals surface area contributed by atoms with Gasteiger partial charge in [-0.3, -0.25) is 9.59 Å². The Morgan fingerprint density at radius 3 is 2.10 bits per heavy atom. The molecule has 1 rings (SSSR count). The van der Waals surface area contributed by atoms with Crippen molar-refractivity contribution in [2.45, 2.75) is 40.5 Å². The number of rotatable bonds is 4. The summed E-state index contributed by atoms with van der Waals surface area (Å²) in [5.74, 6) is -0.724. The fraction of sp³-hybridized carbons (Fsp3) is 0.846. The van der Waals surface area contributed by atoms with E-state index < -0.39 is 27.4 Å². The van der Waals surface area contributed by atoms with Gasteiger partial charge in [-0.05, 0) is 18.8 Å². The first-order valence-corrected chi connectivity index (χ1v) is 8.63. The SMILES string of the molecule is CC(C)C(C)(C)C(=O)N1CCC(C(=O)NS(N)(=O)=O)CC1. The van der Waals surface area contributed by atoms with E-state index >= 15 is 0 Å². The lowest BCUT2D eigenvalue weighted by Gasteiger charge is -2.38. The van der Waals surface area contributed by atoms with Gasteiger partial charge in [-0.15, -0.1) is 0 Å². The van der Waals surface area contributed by atoms with Crippen molar-refractivity contribution in [1.29, 1.82) is 0 Å². The number of hydrogen-bond acceptors (Lipinski definition) is 4. The van der Waals surface area contributed by atoms with Gasteiger partial charge in [-0.25, -0.2) is 9.86 Å². The molecule has 0 spiro atoms. The van der Waals surface area contributed by atoms with Gasteiger partial charge >= 0.3 is 0 Å². The van der Waals surface area contributed by atoms with Crippen LogP contribution in [0.25, 0.3) is 0 Å². The molecule has 0 atom stereocenters. The topological polar surface area (TPSA) is 110 Å². The van der Waals surface area contributed by atoms with Crippen LogP contribution in [-0.2, 0) is 19.8 Å². The molecule has 0 saturated carbocycles. The summed E-state index contributed by atoms with van der Waals surface area (Å²) in [5, 5.41) is 4.78. The van der Waals surface area contributed by atoms with Crippen LogP contribution >= 0.6 is 0 Å². The van der Waals surface area contributed by atoms with Crippen LogP contribution in [0.4, 0.5) is 0 Å². The maximum absolute atomic E-state index is 12.5. The maximum Gasteiger partial charge on any atom is 0.298 e. The Morgan fingerprint density at radius 1 is 1.24 bits per heavy atom. The second-order valence-electron chi connectivity index (χ2n) is 6.45. The summed E-state index contributed by atoms with van der Waals surface area (Å²) >= 11 is 0. The molecule has 1 aliphatic rings.